The average Bonchev–Trinajstić information content (AvgIpc) is 3.19. The Hall–Kier alpha value is -3.09. The summed E-state index contributed by atoms with van der Waals surface area (Å²) in [6.45, 7) is 4.96. The van der Waals surface area contributed by atoms with Gasteiger partial charge in [0.15, 0.2) is 12.4 Å². The van der Waals surface area contributed by atoms with Gasteiger partial charge in [-0.2, -0.15) is 0 Å². The van der Waals surface area contributed by atoms with E-state index in [4.69, 9.17) is 9.15 Å². The minimum atomic E-state index is -0.887. The number of hydrogen-bond acceptors (Lipinski definition) is 5. The number of carbonyl (C=O) groups is 3. The summed E-state index contributed by atoms with van der Waals surface area (Å²) in [6, 6.07) is 11.4. The summed E-state index contributed by atoms with van der Waals surface area (Å²) >= 11 is 0. The molecule has 144 valence electrons. The predicted molar refractivity (Wildman–Crippen MR) is 98.8 cm³/mol. The van der Waals surface area contributed by atoms with Crippen molar-refractivity contribution in [1.29, 1.82) is 0 Å². The van der Waals surface area contributed by atoms with Crippen molar-refractivity contribution in [3.63, 3.8) is 0 Å². The zero-order chi connectivity index (χ0) is 19.8. The molecule has 7 heteroatoms. The van der Waals surface area contributed by atoms with Crippen molar-refractivity contribution in [2.45, 2.75) is 32.9 Å². The average molecular weight is 372 g/mol. The van der Waals surface area contributed by atoms with E-state index in [-0.39, 0.29) is 17.7 Å². The molecule has 0 saturated heterocycles. The zero-order valence-electron chi connectivity index (χ0n) is 15.6. The fraction of sp³-hybridized carbons (Fsp3) is 0.350. The molecule has 1 aromatic carbocycles. The molecule has 27 heavy (non-hydrogen) atoms. The molecule has 0 radical (unpaired) electrons. The normalized spacial score (nSPS) is 12.9. The SMILES string of the molecule is CC(C)[C@H](NC(=O)c1ccco1)C(=O)OCC(=O)N[C@H](C)c1ccccc1. The lowest BCUT2D eigenvalue weighted by Crippen LogP contribution is -2.46. The number of carbonyl (C=O) groups excluding carboxylic acids is 3. The van der Waals surface area contributed by atoms with E-state index in [1.54, 1.807) is 19.9 Å². The van der Waals surface area contributed by atoms with E-state index in [0.717, 1.165) is 5.56 Å². The summed E-state index contributed by atoms with van der Waals surface area (Å²) in [5.74, 6) is -1.73. The van der Waals surface area contributed by atoms with Crippen molar-refractivity contribution in [2.24, 2.45) is 5.92 Å². The van der Waals surface area contributed by atoms with E-state index in [2.05, 4.69) is 10.6 Å². The first-order valence-electron chi connectivity index (χ1n) is 8.73. The van der Waals surface area contributed by atoms with E-state index in [1.807, 2.05) is 37.3 Å². The number of esters is 1. The monoisotopic (exact) mass is 372 g/mol. The first-order chi connectivity index (χ1) is 12.9. The van der Waals surface area contributed by atoms with E-state index < -0.39 is 30.4 Å². The second-order valence-corrected chi connectivity index (χ2v) is 6.48. The summed E-state index contributed by atoms with van der Waals surface area (Å²) < 4.78 is 10.1. The van der Waals surface area contributed by atoms with E-state index in [9.17, 15) is 14.4 Å². The van der Waals surface area contributed by atoms with E-state index in [1.165, 1.54) is 12.3 Å². The van der Waals surface area contributed by atoms with Gasteiger partial charge in [-0.05, 0) is 30.5 Å². The Kier molecular flexibility index (Phi) is 7.16. The molecular formula is C20H24N2O5. The molecule has 0 aliphatic carbocycles. The molecule has 0 unspecified atom stereocenters. The third kappa shape index (κ3) is 5.99. The van der Waals surface area contributed by atoms with Gasteiger partial charge in [0.1, 0.15) is 6.04 Å². The Bertz CT molecular complexity index is 756. The second-order valence-electron chi connectivity index (χ2n) is 6.48. The van der Waals surface area contributed by atoms with Gasteiger partial charge < -0.3 is 19.8 Å². The highest BCUT2D eigenvalue weighted by Gasteiger charge is 2.27. The molecule has 0 bridgehead atoms. The lowest BCUT2D eigenvalue weighted by atomic mass is 10.0. The van der Waals surface area contributed by atoms with Crippen LogP contribution in [0.25, 0.3) is 0 Å². The van der Waals surface area contributed by atoms with Crippen molar-refractivity contribution in [1.82, 2.24) is 10.6 Å². The minimum absolute atomic E-state index is 0.0999. The number of furan rings is 1. The first-order valence-corrected chi connectivity index (χ1v) is 8.73. The van der Waals surface area contributed by atoms with Gasteiger partial charge in [0.2, 0.25) is 0 Å². The van der Waals surface area contributed by atoms with Gasteiger partial charge in [0.05, 0.1) is 12.3 Å². The summed E-state index contributed by atoms with van der Waals surface area (Å²) in [5.41, 5.74) is 0.947. The third-order valence-corrected chi connectivity index (χ3v) is 3.97. The highest BCUT2D eigenvalue weighted by atomic mass is 16.5. The zero-order valence-corrected chi connectivity index (χ0v) is 15.6. The molecule has 2 aromatic rings. The molecule has 2 rings (SSSR count). The van der Waals surface area contributed by atoms with Crippen LogP contribution in [0, 0.1) is 5.92 Å². The highest BCUT2D eigenvalue weighted by Crippen LogP contribution is 2.11. The van der Waals surface area contributed by atoms with Crippen molar-refractivity contribution in [3.8, 4) is 0 Å². The van der Waals surface area contributed by atoms with E-state index >= 15 is 0 Å². The number of amides is 2. The van der Waals surface area contributed by atoms with Crippen molar-refractivity contribution in [2.75, 3.05) is 6.61 Å². The predicted octanol–water partition coefficient (Wildman–Crippen LogP) is 2.45. The van der Waals surface area contributed by atoms with Crippen LogP contribution in [0.3, 0.4) is 0 Å². The fourth-order valence-electron chi connectivity index (χ4n) is 2.45. The fourth-order valence-corrected chi connectivity index (χ4v) is 2.45. The highest BCUT2D eigenvalue weighted by molar-refractivity contribution is 5.94. The van der Waals surface area contributed by atoms with Gasteiger partial charge >= 0.3 is 5.97 Å². The van der Waals surface area contributed by atoms with Crippen LogP contribution in [0.15, 0.2) is 53.1 Å². The molecule has 2 atom stereocenters. The molecule has 7 nitrogen and oxygen atoms in total. The molecule has 0 aliphatic heterocycles. The number of benzene rings is 1. The van der Waals surface area contributed by atoms with Crippen LogP contribution >= 0.6 is 0 Å². The Morgan fingerprint density at radius 2 is 1.70 bits per heavy atom. The van der Waals surface area contributed by atoms with Crippen LogP contribution in [0.1, 0.15) is 42.9 Å². The standard InChI is InChI=1S/C20H24N2O5/c1-13(2)18(22-19(24)16-10-7-11-26-16)20(25)27-12-17(23)21-14(3)15-8-5-4-6-9-15/h4-11,13-14,18H,12H2,1-3H3,(H,21,23)(H,22,24)/t14-,18+/m1/s1. The third-order valence-electron chi connectivity index (χ3n) is 3.97. The van der Waals surface area contributed by atoms with Crippen LogP contribution in [-0.4, -0.2) is 30.4 Å². The Labute approximate surface area is 158 Å². The number of nitrogens with one attached hydrogen (secondary N) is 2. The topological polar surface area (TPSA) is 97.6 Å². The van der Waals surface area contributed by atoms with Gasteiger partial charge in [-0.3, -0.25) is 9.59 Å². The molecule has 1 heterocycles. The van der Waals surface area contributed by atoms with Crippen molar-refractivity contribution in [3.05, 3.63) is 60.1 Å². The summed E-state index contributed by atoms with van der Waals surface area (Å²) in [6.07, 6.45) is 1.37. The molecule has 0 saturated carbocycles. The van der Waals surface area contributed by atoms with Crippen molar-refractivity contribution < 1.29 is 23.5 Å². The Morgan fingerprint density at radius 1 is 1.00 bits per heavy atom. The quantitative estimate of drug-likeness (QED) is 0.694. The second kappa shape index (κ2) is 9.56. The van der Waals surface area contributed by atoms with E-state index in [0.29, 0.717) is 0 Å². The molecule has 1 aromatic heterocycles. The van der Waals surface area contributed by atoms with Gasteiger partial charge in [0, 0.05) is 0 Å². The van der Waals surface area contributed by atoms with Gasteiger partial charge in [-0.1, -0.05) is 44.2 Å². The van der Waals surface area contributed by atoms with Crippen LogP contribution in [0.2, 0.25) is 0 Å². The van der Waals surface area contributed by atoms with Gasteiger partial charge in [0.25, 0.3) is 11.8 Å². The first kappa shape index (κ1) is 20.2. The molecule has 0 spiro atoms. The summed E-state index contributed by atoms with van der Waals surface area (Å²) in [7, 11) is 0. The smallest absolute Gasteiger partial charge is 0.329 e. The Morgan fingerprint density at radius 3 is 2.30 bits per heavy atom. The summed E-state index contributed by atoms with van der Waals surface area (Å²) in [5, 5.41) is 5.33. The van der Waals surface area contributed by atoms with Crippen LogP contribution in [0.5, 0.6) is 0 Å². The molecule has 2 N–H and O–H groups in total. The van der Waals surface area contributed by atoms with Crippen LogP contribution in [-0.2, 0) is 14.3 Å². The largest absolute Gasteiger partial charge is 0.459 e. The van der Waals surface area contributed by atoms with Gasteiger partial charge in [-0.25, -0.2) is 4.79 Å². The van der Waals surface area contributed by atoms with Crippen LogP contribution in [0.4, 0.5) is 0 Å². The number of hydrogen-bond donors (Lipinski definition) is 2. The lowest BCUT2D eigenvalue weighted by Gasteiger charge is -2.20. The molecule has 0 aliphatic rings. The minimum Gasteiger partial charge on any atom is -0.459 e. The molecule has 2 amide bonds. The van der Waals surface area contributed by atoms with Crippen molar-refractivity contribution >= 4 is 17.8 Å². The maximum atomic E-state index is 12.3. The Balaban J connectivity index is 1.86. The number of rotatable bonds is 8. The molecular weight excluding hydrogens is 348 g/mol. The summed E-state index contributed by atoms with van der Waals surface area (Å²) in [4.78, 5) is 36.4. The van der Waals surface area contributed by atoms with Gasteiger partial charge in [-0.15, -0.1) is 0 Å². The maximum absolute atomic E-state index is 12.3. The lowest BCUT2D eigenvalue weighted by molar-refractivity contribution is -0.151. The molecule has 0 fully saturated rings. The number of ether oxygens (including phenoxy) is 1. The van der Waals surface area contributed by atoms with Crippen LogP contribution < -0.4 is 10.6 Å². The maximum Gasteiger partial charge on any atom is 0.329 e.